The molecular weight excluding hydrogens is 264 g/mol. The van der Waals surface area contributed by atoms with Crippen molar-refractivity contribution in [3.05, 3.63) is 48.0 Å². The molecule has 2 rings (SSSR count). The van der Waals surface area contributed by atoms with Crippen LogP contribution < -0.4 is 5.32 Å². The third-order valence-corrected chi connectivity index (χ3v) is 4.05. The van der Waals surface area contributed by atoms with Crippen molar-refractivity contribution < 1.29 is 9.59 Å². The van der Waals surface area contributed by atoms with E-state index >= 15 is 0 Å². The lowest BCUT2D eigenvalue weighted by Gasteiger charge is -2.49. The average Bonchev–Trinajstić information content (AvgIpc) is 2.46. The maximum atomic E-state index is 12.8. The standard InChI is InChI=1S/C17H22N2O2/c1-5-6-12-19-15(21)16(2,3)18-14(20)17(19,4)13-10-8-7-9-11-13/h5-11H,12H2,1-4H3,(H,18,20)/b6-5+. The van der Waals surface area contributed by atoms with Crippen LogP contribution in [0.3, 0.4) is 0 Å². The molecule has 0 aliphatic carbocycles. The van der Waals surface area contributed by atoms with Crippen LogP contribution in [0, 0.1) is 0 Å². The molecule has 0 aromatic heterocycles. The maximum Gasteiger partial charge on any atom is 0.251 e. The molecule has 0 saturated carbocycles. The van der Waals surface area contributed by atoms with Crippen molar-refractivity contribution in [2.45, 2.75) is 38.8 Å². The van der Waals surface area contributed by atoms with Crippen LogP contribution in [0.4, 0.5) is 0 Å². The predicted octanol–water partition coefficient (Wildman–Crippen LogP) is 2.21. The first-order valence-corrected chi connectivity index (χ1v) is 7.15. The van der Waals surface area contributed by atoms with Gasteiger partial charge in [-0.25, -0.2) is 0 Å². The lowest BCUT2D eigenvalue weighted by Crippen LogP contribution is -2.71. The Hall–Kier alpha value is -2.10. The van der Waals surface area contributed by atoms with Gasteiger partial charge in [0, 0.05) is 6.54 Å². The van der Waals surface area contributed by atoms with Crippen LogP contribution >= 0.6 is 0 Å². The van der Waals surface area contributed by atoms with Crippen LogP contribution in [-0.2, 0) is 15.1 Å². The van der Waals surface area contributed by atoms with Crippen LogP contribution in [-0.4, -0.2) is 28.8 Å². The summed E-state index contributed by atoms with van der Waals surface area (Å²) in [4.78, 5) is 27.1. The number of allylic oxidation sites excluding steroid dienone is 1. The van der Waals surface area contributed by atoms with E-state index in [1.807, 2.05) is 49.4 Å². The van der Waals surface area contributed by atoms with E-state index in [2.05, 4.69) is 5.32 Å². The molecule has 4 heteroatoms. The largest absolute Gasteiger partial charge is 0.340 e. The minimum absolute atomic E-state index is 0.0773. The van der Waals surface area contributed by atoms with E-state index in [0.29, 0.717) is 6.54 Å². The molecule has 1 aromatic carbocycles. The molecule has 0 bridgehead atoms. The summed E-state index contributed by atoms with van der Waals surface area (Å²) >= 11 is 0. The van der Waals surface area contributed by atoms with Gasteiger partial charge in [-0.1, -0.05) is 42.5 Å². The van der Waals surface area contributed by atoms with E-state index in [0.717, 1.165) is 5.56 Å². The molecule has 1 aliphatic rings. The van der Waals surface area contributed by atoms with Crippen molar-refractivity contribution >= 4 is 11.8 Å². The number of piperazine rings is 1. The second kappa shape index (κ2) is 5.35. The molecule has 21 heavy (non-hydrogen) atoms. The highest BCUT2D eigenvalue weighted by Gasteiger charge is 2.53. The number of carbonyl (C=O) groups excluding carboxylic acids is 2. The van der Waals surface area contributed by atoms with E-state index < -0.39 is 11.1 Å². The van der Waals surface area contributed by atoms with E-state index in [9.17, 15) is 9.59 Å². The topological polar surface area (TPSA) is 49.4 Å². The van der Waals surface area contributed by atoms with E-state index in [4.69, 9.17) is 0 Å². The molecule has 0 spiro atoms. The zero-order chi connectivity index (χ0) is 15.7. The monoisotopic (exact) mass is 286 g/mol. The quantitative estimate of drug-likeness (QED) is 0.866. The summed E-state index contributed by atoms with van der Waals surface area (Å²) in [5, 5.41) is 2.85. The molecule has 1 heterocycles. The van der Waals surface area contributed by atoms with Crippen LogP contribution in [0.1, 0.15) is 33.3 Å². The van der Waals surface area contributed by atoms with E-state index in [1.54, 1.807) is 25.7 Å². The second-order valence-corrected chi connectivity index (χ2v) is 6.00. The molecule has 1 atom stereocenters. The first-order chi connectivity index (χ1) is 9.84. The van der Waals surface area contributed by atoms with Gasteiger partial charge in [0.15, 0.2) is 0 Å². The van der Waals surface area contributed by atoms with Gasteiger partial charge < -0.3 is 10.2 Å². The highest BCUT2D eigenvalue weighted by atomic mass is 16.2. The van der Waals surface area contributed by atoms with Crippen LogP contribution in [0.5, 0.6) is 0 Å². The number of rotatable bonds is 3. The maximum absolute atomic E-state index is 12.8. The summed E-state index contributed by atoms with van der Waals surface area (Å²) in [5.74, 6) is -0.227. The van der Waals surface area contributed by atoms with Crippen LogP contribution in [0.2, 0.25) is 0 Å². The molecule has 1 aromatic rings. The molecule has 1 aliphatic heterocycles. The SMILES string of the molecule is C/C=C/CN1C(=O)C(C)(C)NC(=O)C1(C)c1ccccc1. The molecule has 2 amide bonds. The summed E-state index contributed by atoms with van der Waals surface area (Å²) in [5.41, 5.74) is -1.06. The fourth-order valence-corrected chi connectivity index (χ4v) is 2.65. The van der Waals surface area contributed by atoms with Crippen molar-refractivity contribution in [3.8, 4) is 0 Å². The number of hydrogen-bond donors (Lipinski definition) is 1. The van der Waals surface area contributed by atoms with Crippen molar-refractivity contribution in [1.29, 1.82) is 0 Å². The van der Waals surface area contributed by atoms with E-state index in [1.165, 1.54) is 0 Å². The fraction of sp³-hybridized carbons (Fsp3) is 0.412. The zero-order valence-electron chi connectivity index (χ0n) is 13.0. The van der Waals surface area contributed by atoms with Gasteiger partial charge in [0.05, 0.1) is 0 Å². The summed E-state index contributed by atoms with van der Waals surface area (Å²) in [6.45, 7) is 7.59. The van der Waals surface area contributed by atoms with Crippen molar-refractivity contribution in [3.63, 3.8) is 0 Å². The summed E-state index contributed by atoms with van der Waals surface area (Å²) < 4.78 is 0. The zero-order valence-corrected chi connectivity index (χ0v) is 13.0. The third kappa shape index (κ3) is 2.46. The Labute approximate surface area is 125 Å². The van der Waals surface area contributed by atoms with E-state index in [-0.39, 0.29) is 11.8 Å². The minimum atomic E-state index is -0.993. The smallest absolute Gasteiger partial charge is 0.251 e. The molecule has 4 nitrogen and oxygen atoms in total. The van der Waals surface area contributed by atoms with Crippen LogP contribution in [0.15, 0.2) is 42.5 Å². The molecule has 1 saturated heterocycles. The van der Waals surface area contributed by atoms with Crippen molar-refractivity contribution in [2.75, 3.05) is 6.54 Å². The Bertz CT molecular complexity index is 578. The average molecular weight is 286 g/mol. The molecule has 1 unspecified atom stereocenters. The number of carbonyl (C=O) groups is 2. The molecule has 1 N–H and O–H groups in total. The first-order valence-electron chi connectivity index (χ1n) is 7.15. The Morgan fingerprint density at radius 3 is 2.33 bits per heavy atom. The van der Waals surface area contributed by atoms with Gasteiger partial charge in [-0.3, -0.25) is 9.59 Å². The van der Waals surface area contributed by atoms with Crippen molar-refractivity contribution in [2.24, 2.45) is 0 Å². The lowest BCUT2D eigenvalue weighted by atomic mass is 9.83. The highest BCUT2D eigenvalue weighted by molar-refractivity contribution is 6.02. The summed E-state index contributed by atoms with van der Waals surface area (Å²) in [6.07, 6.45) is 3.78. The molecule has 0 radical (unpaired) electrons. The number of nitrogens with zero attached hydrogens (tertiary/aromatic N) is 1. The van der Waals surface area contributed by atoms with Gasteiger partial charge in [-0.2, -0.15) is 0 Å². The third-order valence-electron chi connectivity index (χ3n) is 4.05. The van der Waals surface area contributed by atoms with Gasteiger partial charge in [0.25, 0.3) is 5.91 Å². The normalized spacial score (nSPS) is 25.2. The highest BCUT2D eigenvalue weighted by Crippen LogP contribution is 2.34. The predicted molar refractivity (Wildman–Crippen MR) is 82.5 cm³/mol. The number of hydrogen-bond acceptors (Lipinski definition) is 2. The van der Waals surface area contributed by atoms with Gasteiger partial charge in [0.2, 0.25) is 5.91 Å². The summed E-state index contributed by atoms with van der Waals surface area (Å²) in [7, 11) is 0. The lowest BCUT2D eigenvalue weighted by molar-refractivity contribution is -0.160. The molecule has 1 fully saturated rings. The molecular formula is C17H22N2O2. The summed E-state index contributed by atoms with van der Waals surface area (Å²) in [6, 6.07) is 9.43. The van der Waals surface area contributed by atoms with Crippen LogP contribution in [0.25, 0.3) is 0 Å². The van der Waals surface area contributed by atoms with Gasteiger partial charge in [0.1, 0.15) is 11.1 Å². The Kier molecular flexibility index (Phi) is 3.90. The number of benzene rings is 1. The van der Waals surface area contributed by atoms with Crippen molar-refractivity contribution in [1.82, 2.24) is 10.2 Å². The number of nitrogens with one attached hydrogen (secondary N) is 1. The Balaban J connectivity index is 2.54. The Morgan fingerprint density at radius 2 is 1.76 bits per heavy atom. The van der Waals surface area contributed by atoms with Gasteiger partial charge in [-0.15, -0.1) is 0 Å². The van der Waals surface area contributed by atoms with Gasteiger partial charge in [-0.05, 0) is 33.3 Å². The molecule has 112 valence electrons. The number of amides is 2. The fourth-order valence-electron chi connectivity index (χ4n) is 2.65. The second-order valence-electron chi connectivity index (χ2n) is 6.00. The first kappa shape index (κ1) is 15.3. The van der Waals surface area contributed by atoms with Gasteiger partial charge >= 0.3 is 0 Å². The minimum Gasteiger partial charge on any atom is -0.340 e. The Morgan fingerprint density at radius 1 is 1.14 bits per heavy atom.